The summed E-state index contributed by atoms with van der Waals surface area (Å²) in [6.07, 6.45) is 8.28. The monoisotopic (exact) mass is 284 g/mol. The van der Waals surface area contributed by atoms with E-state index in [-0.39, 0.29) is 5.54 Å². The van der Waals surface area contributed by atoms with Crippen molar-refractivity contribution in [2.75, 3.05) is 11.1 Å². The average molecular weight is 284 g/mol. The molecule has 4 aliphatic carbocycles. The van der Waals surface area contributed by atoms with Crippen LogP contribution in [0.2, 0.25) is 0 Å². The van der Waals surface area contributed by atoms with Gasteiger partial charge in [0, 0.05) is 5.54 Å². The number of rotatable bonds is 2. The summed E-state index contributed by atoms with van der Waals surface area (Å²) in [6.45, 7) is 7.14. The van der Waals surface area contributed by atoms with Crippen molar-refractivity contribution >= 4 is 11.4 Å². The summed E-state index contributed by atoms with van der Waals surface area (Å²) < 4.78 is 0. The maximum atomic E-state index is 6.25. The minimum Gasteiger partial charge on any atom is -0.397 e. The molecular formula is C19H28N2. The lowest BCUT2D eigenvalue weighted by molar-refractivity contribution is -0.0972. The molecule has 4 saturated carbocycles. The summed E-state index contributed by atoms with van der Waals surface area (Å²) in [5.74, 6) is 0.912. The highest BCUT2D eigenvalue weighted by Gasteiger charge is 2.60. The number of benzene rings is 1. The predicted molar refractivity (Wildman–Crippen MR) is 89.4 cm³/mol. The van der Waals surface area contributed by atoms with Gasteiger partial charge >= 0.3 is 0 Å². The predicted octanol–water partition coefficient (Wildman–Crippen LogP) is 4.74. The molecule has 2 nitrogen and oxygen atoms in total. The van der Waals surface area contributed by atoms with Gasteiger partial charge in [0.1, 0.15) is 0 Å². The lowest BCUT2D eigenvalue weighted by Gasteiger charge is -2.65. The second kappa shape index (κ2) is 3.97. The smallest absolute Gasteiger partial charge is 0.0578 e. The van der Waals surface area contributed by atoms with Gasteiger partial charge < -0.3 is 11.1 Å². The van der Waals surface area contributed by atoms with Gasteiger partial charge in [-0.3, -0.25) is 0 Å². The van der Waals surface area contributed by atoms with Crippen molar-refractivity contribution in [3.63, 3.8) is 0 Å². The molecular weight excluding hydrogens is 256 g/mol. The highest BCUT2D eigenvalue weighted by atomic mass is 15.0. The molecule has 4 bridgehead atoms. The van der Waals surface area contributed by atoms with E-state index in [0.29, 0.717) is 10.8 Å². The number of hydrogen-bond acceptors (Lipinski definition) is 2. The number of nitrogens with one attached hydrogen (secondary N) is 1. The van der Waals surface area contributed by atoms with Gasteiger partial charge in [0.15, 0.2) is 0 Å². The summed E-state index contributed by atoms with van der Waals surface area (Å²) in [5, 5.41) is 3.91. The largest absolute Gasteiger partial charge is 0.397 e. The molecule has 0 saturated heterocycles. The van der Waals surface area contributed by atoms with Crippen LogP contribution in [0.5, 0.6) is 0 Å². The minimum atomic E-state index is 0.284. The van der Waals surface area contributed by atoms with Crippen LogP contribution in [0.4, 0.5) is 11.4 Å². The first-order chi connectivity index (χ1) is 9.79. The molecule has 0 radical (unpaired) electrons. The fourth-order valence-electron chi connectivity index (χ4n) is 6.67. The molecule has 0 spiro atoms. The van der Waals surface area contributed by atoms with Gasteiger partial charge in [-0.1, -0.05) is 19.9 Å². The van der Waals surface area contributed by atoms with Crippen LogP contribution in [0, 0.1) is 23.7 Å². The number of hydrogen-bond donors (Lipinski definition) is 2. The number of nitrogen functional groups attached to an aromatic ring is 1. The average Bonchev–Trinajstić information content (AvgIpc) is 2.28. The molecule has 4 aliphatic rings. The maximum absolute atomic E-state index is 6.25. The summed E-state index contributed by atoms with van der Waals surface area (Å²) in [7, 11) is 0. The Morgan fingerprint density at radius 1 is 1.05 bits per heavy atom. The maximum Gasteiger partial charge on any atom is 0.0578 e. The first kappa shape index (κ1) is 13.5. The molecule has 4 fully saturated rings. The molecule has 0 heterocycles. The molecule has 0 aliphatic heterocycles. The summed E-state index contributed by atoms with van der Waals surface area (Å²) in [6, 6.07) is 6.43. The van der Waals surface area contributed by atoms with Crippen molar-refractivity contribution in [3.8, 4) is 0 Å². The Kier molecular flexibility index (Phi) is 2.55. The first-order valence-corrected chi connectivity index (χ1v) is 8.43. The Labute approximate surface area is 128 Å². The molecule has 1 aromatic carbocycles. The normalized spacial score (nSPS) is 44.0. The van der Waals surface area contributed by atoms with Crippen LogP contribution in [-0.2, 0) is 0 Å². The van der Waals surface area contributed by atoms with E-state index in [4.69, 9.17) is 5.73 Å². The zero-order chi connectivity index (χ0) is 14.9. The zero-order valence-corrected chi connectivity index (χ0v) is 13.6. The van der Waals surface area contributed by atoms with Crippen LogP contribution >= 0.6 is 0 Å². The van der Waals surface area contributed by atoms with Gasteiger partial charge in [-0.25, -0.2) is 0 Å². The third-order valence-corrected chi connectivity index (χ3v) is 6.23. The second-order valence-corrected chi connectivity index (χ2v) is 9.13. The van der Waals surface area contributed by atoms with E-state index in [1.54, 1.807) is 0 Å². The van der Waals surface area contributed by atoms with Gasteiger partial charge in [0.05, 0.1) is 11.4 Å². The van der Waals surface area contributed by atoms with E-state index >= 15 is 0 Å². The van der Waals surface area contributed by atoms with Crippen LogP contribution < -0.4 is 11.1 Å². The molecule has 5 rings (SSSR count). The standard InChI is InChI=1S/C19H28N2/c1-13-4-5-16(15(20)6-13)21-19-9-14-7-17(2,11-19)10-18(3,8-14)12-19/h4-6,14,21H,7-12,20H2,1-3H3. The fourth-order valence-corrected chi connectivity index (χ4v) is 6.67. The minimum absolute atomic E-state index is 0.284. The second-order valence-electron chi connectivity index (χ2n) is 9.13. The number of nitrogens with two attached hydrogens (primary N) is 1. The fraction of sp³-hybridized carbons (Fsp3) is 0.684. The van der Waals surface area contributed by atoms with Crippen LogP contribution in [-0.4, -0.2) is 5.54 Å². The Morgan fingerprint density at radius 3 is 2.29 bits per heavy atom. The summed E-state index contributed by atoms with van der Waals surface area (Å²) >= 11 is 0. The van der Waals surface area contributed by atoms with Crippen molar-refractivity contribution in [3.05, 3.63) is 23.8 Å². The van der Waals surface area contributed by atoms with E-state index < -0.39 is 0 Å². The Balaban J connectivity index is 1.68. The third kappa shape index (κ3) is 2.15. The first-order valence-electron chi connectivity index (χ1n) is 8.43. The Hall–Kier alpha value is -1.18. The van der Waals surface area contributed by atoms with E-state index in [1.807, 2.05) is 0 Å². The molecule has 1 aromatic rings. The van der Waals surface area contributed by atoms with Gasteiger partial charge in [-0.2, -0.15) is 0 Å². The Morgan fingerprint density at radius 2 is 1.71 bits per heavy atom. The molecule has 0 amide bonds. The van der Waals surface area contributed by atoms with E-state index in [1.165, 1.54) is 44.1 Å². The van der Waals surface area contributed by atoms with E-state index in [0.717, 1.165) is 17.3 Å². The number of anilines is 2. The van der Waals surface area contributed by atoms with Crippen LogP contribution in [0.1, 0.15) is 57.9 Å². The molecule has 3 N–H and O–H groups in total. The third-order valence-electron chi connectivity index (χ3n) is 6.23. The van der Waals surface area contributed by atoms with E-state index in [9.17, 15) is 0 Å². The highest BCUT2D eigenvalue weighted by molar-refractivity contribution is 5.68. The zero-order valence-electron chi connectivity index (χ0n) is 13.6. The number of aryl methyl sites for hydroxylation is 1. The topological polar surface area (TPSA) is 38.0 Å². The summed E-state index contributed by atoms with van der Waals surface area (Å²) in [4.78, 5) is 0. The molecule has 2 unspecified atom stereocenters. The molecule has 114 valence electrons. The Bertz CT molecular complexity index is 573. The summed E-state index contributed by atoms with van der Waals surface area (Å²) in [5.41, 5.74) is 10.9. The highest BCUT2D eigenvalue weighted by Crippen LogP contribution is 2.66. The molecule has 2 heteroatoms. The molecule has 2 atom stereocenters. The van der Waals surface area contributed by atoms with Crippen molar-refractivity contribution in [2.45, 2.75) is 64.8 Å². The van der Waals surface area contributed by atoms with Crippen LogP contribution in [0.15, 0.2) is 18.2 Å². The van der Waals surface area contributed by atoms with Crippen molar-refractivity contribution in [2.24, 2.45) is 16.7 Å². The van der Waals surface area contributed by atoms with Gasteiger partial charge in [-0.15, -0.1) is 0 Å². The van der Waals surface area contributed by atoms with Crippen molar-refractivity contribution < 1.29 is 0 Å². The van der Waals surface area contributed by atoms with Gasteiger partial charge in [0.25, 0.3) is 0 Å². The quantitative estimate of drug-likeness (QED) is 0.770. The molecule has 21 heavy (non-hydrogen) atoms. The van der Waals surface area contributed by atoms with Crippen molar-refractivity contribution in [1.82, 2.24) is 0 Å². The van der Waals surface area contributed by atoms with E-state index in [2.05, 4.69) is 44.3 Å². The van der Waals surface area contributed by atoms with Crippen LogP contribution in [0.25, 0.3) is 0 Å². The van der Waals surface area contributed by atoms with Crippen LogP contribution in [0.3, 0.4) is 0 Å². The lowest BCUT2D eigenvalue weighted by atomic mass is 9.43. The van der Waals surface area contributed by atoms with Gasteiger partial charge in [-0.05, 0) is 79.9 Å². The lowest BCUT2D eigenvalue weighted by Crippen LogP contribution is -2.61. The SMILES string of the molecule is Cc1ccc(NC23CC4CC(C)(CC(C)(C4)C2)C3)c(N)c1. The van der Waals surface area contributed by atoms with Gasteiger partial charge in [0.2, 0.25) is 0 Å². The molecule has 0 aromatic heterocycles. The van der Waals surface area contributed by atoms with Crippen molar-refractivity contribution in [1.29, 1.82) is 0 Å².